The van der Waals surface area contributed by atoms with Crippen molar-refractivity contribution in [2.45, 2.75) is 46.1 Å². The first-order chi connectivity index (χ1) is 18.2. The summed E-state index contributed by atoms with van der Waals surface area (Å²) in [4.78, 5) is 38.9. The molecule has 1 N–H and O–H groups in total. The fraction of sp³-hybridized carbons (Fsp3) is 0.387. The van der Waals surface area contributed by atoms with Crippen molar-refractivity contribution in [3.63, 3.8) is 0 Å². The van der Waals surface area contributed by atoms with E-state index in [9.17, 15) is 19.5 Å². The van der Waals surface area contributed by atoms with Crippen LogP contribution in [0.4, 0.5) is 4.79 Å². The first kappa shape index (κ1) is 25.9. The molecule has 2 aromatic carbocycles. The second-order valence-electron chi connectivity index (χ2n) is 10.6. The van der Waals surface area contributed by atoms with Crippen LogP contribution in [0.2, 0.25) is 0 Å². The van der Waals surface area contributed by atoms with Crippen LogP contribution in [0.5, 0.6) is 5.75 Å². The van der Waals surface area contributed by atoms with Gasteiger partial charge in [0.2, 0.25) is 11.8 Å². The number of nitrogens with zero attached hydrogens (tertiary/aromatic N) is 1. The Morgan fingerprint density at radius 3 is 2.42 bits per heavy atom. The van der Waals surface area contributed by atoms with E-state index in [4.69, 9.17) is 9.47 Å². The highest BCUT2D eigenvalue weighted by molar-refractivity contribution is 6.16. The average Bonchev–Trinajstić information content (AvgIpc) is 3.44. The fourth-order valence-corrected chi connectivity index (χ4v) is 6.41. The number of phenols is 1. The van der Waals surface area contributed by atoms with E-state index < -0.39 is 29.7 Å². The number of methoxy groups -OCH3 is 1. The highest BCUT2D eigenvalue weighted by Crippen LogP contribution is 2.50. The van der Waals surface area contributed by atoms with Crippen molar-refractivity contribution >= 4 is 29.6 Å². The van der Waals surface area contributed by atoms with E-state index in [-0.39, 0.29) is 12.0 Å². The van der Waals surface area contributed by atoms with E-state index in [1.807, 2.05) is 51.1 Å². The van der Waals surface area contributed by atoms with Gasteiger partial charge in [-0.15, -0.1) is 0 Å². The maximum Gasteiger partial charge on any atom is 0.423 e. The van der Waals surface area contributed by atoms with Crippen LogP contribution >= 0.6 is 0 Å². The molecular weight excluding hydrogens is 482 g/mol. The third-order valence-corrected chi connectivity index (χ3v) is 8.18. The van der Waals surface area contributed by atoms with Gasteiger partial charge in [0.25, 0.3) is 0 Å². The number of amides is 3. The summed E-state index contributed by atoms with van der Waals surface area (Å²) in [6.07, 6.45) is 2.99. The number of hydrogen-bond donors (Lipinski definition) is 1. The van der Waals surface area contributed by atoms with Crippen molar-refractivity contribution in [1.82, 2.24) is 4.90 Å². The molecule has 0 aromatic heterocycles. The van der Waals surface area contributed by atoms with Gasteiger partial charge in [-0.05, 0) is 85.6 Å². The Morgan fingerprint density at radius 1 is 1.08 bits per heavy atom. The minimum Gasteiger partial charge on any atom is -0.507 e. The number of carbonyl (C=O) groups is 3. The summed E-state index contributed by atoms with van der Waals surface area (Å²) in [6, 6.07) is 14.2. The number of aryl methyl sites for hydroxylation is 2. The van der Waals surface area contributed by atoms with Gasteiger partial charge in [0.1, 0.15) is 5.75 Å². The van der Waals surface area contributed by atoms with E-state index >= 15 is 0 Å². The number of phenolic OH excluding ortho intramolecular Hbond substituents is 1. The summed E-state index contributed by atoms with van der Waals surface area (Å²) in [7, 11) is 1.17. The molecule has 2 saturated heterocycles. The van der Waals surface area contributed by atoms with E-state index in [1.54, 1.807) is 0 Å². The average molecular weight is 516 g/mol. The molecule has 38 heavy (non-hydrogen) atoms. The van der Waals surface area contributed by atoms with Crippen molar-refractivity contribution in [2.24, 2.45) is 17.8 Å². The van der Waals surface area contributed by atoms with Crippen LogP contribution in [0.1, 0.15) is 48.4 Å². The molecule has 3 aliphatic rings. The van der Waals surface area contributed by atoms with Crippen molar-refractivity contribution in [3.8, 4) is 5.75 Å². The standard InChI is InChI=1S/C31H33NO6/c1-17-14-23-27(30(35)32(29(23)34)31(36)37-4)24-16-38-25(26(17)24)11-10-22(21-8-6-5-7-9-21)15-20-12-18(2)28(33)19(3)13-20/h5-9,12-13,15,23-25,27,33H,10-11,14,16H2,1-4H3/b22-15-/t23-,24+,25-,27-/m1/s1. The number of carbonyl (C=O) groups excluding carboxylic acids is 3. The molecule has 2 heterocycles. The van der Waals surface area contributed by atoms with E-state index in [1.165, 1.54) is 7.11 Å². The van der Waals surface area contributed by atoms with E-state index in [0.717, 1.165) is 51.8 Å². The van der Waals surface area contributed by atoms with Gasteiger partial charge in [-0.3, -0.25) is 9.59 Å². The smallest absolute Gasteiger partial charge is 0.423 e. The van der Waals surface area contributed by atoms with Crippen LogP contribution in [-0.2, 0) is 19.1 Å². The van der Waals surface area contributed by atoms with Crippen LogP contribution in [0, 0.1) is 31.6 Å². The zero-order chi connectivity index (χ0) is 27.1. The highest BCUT2D eigenvalue weighted by atomic mass is 16.5. The van der Waals surface area contributed by atoms with Gasteiger partial charge in [0.05, 0.1) is 31.7 Å². The first-order valence-corrected chi connectivity index (χ1v) is 13.0. The number of likely N-dealkylation sites (tertiary alicyclic amines) is 1. The number of fused-ring (bicyclic) bond motifs is 3. The summed E-state index contributed by atoms with van der Waals surface area (Å²) in [5.74, 6) is -1.97. The fourth-order valence-electron chi connectivity index (χ4n) is 6.41. The van der Waals surface area contributed by atoms with Gasteiger partial charge in [0, 0.05) is 5.92 Å². The van der Waals surface area contributed by atoms with Crippen molar-refractivity contribution in [1.29, 1.82) is 0 Å². The normalized spacial score (nSPS) is 25.1. The van der Waals surface area contributed by atoms with Gasteiger partial charge < -0.3 is 14.6 Å². The van der Waals surface area contributed by atoms with E-state index in [2.05, 4.69) is 18.2 Å². The predicted octanol–water partition coefficient (Wildman–Crippen LogP) is 5.43. The van der Waals surface area contributed by atoms with Crippen LogP contribution in [0.3, 0.4) is 0 Å². The van der Waals surface area contributed by atoms with Crippen LogP contribution in [-0.4, -0.2) is 47.7 Å². The Balaban J connectivity index is 1.40. The van der Waals surface area contributed by atoms with Gasteiger partial charge in [-0.2, -0.15) is 4.90 Å². The molecule has 7 nitrogen and oxygen atoms in total. The minimum atomic E-state index is -0.915. The lowest BCUT2D eigenvalue weighted by Gasteiger charge is -2.30. The largest absolute Gasteiger partial charge is 0.507 e. The minimum absolute atomic E-state index is 0.161. The summed E-state index contributed by atoms with van der Waals surface area (Å²) in [5.41, 5.74) is 7.13. The molecule has 5 rings (SSSR count). The Bertz CT molecular complexity index is 1330. The SMILES string of the molecule is COC(=O)N1C(=O)[C@@H]2[C@@H](CC(C)=C3[C@@H](CC/C(=C/c4cc(C)c(O)c(C)c4)c4ccccc4)OC[C@@H]32)C1=O. The molecule has 0 saturated carbocycles. The predicted molar refractivity (Wildman–Crippen MR) is 143 cm³/mol. The van der Waals surface area contributed by atoms with Gasteiger partial charge in [-0.1, -0.05) is 42.0 Å². The molecule has 3 amide bonds. The van der Waals surface area contributed by atoms with Crippen LogP contribution in [0.25, 0.3) is 11.6 Å². The third kappa shape index (κ3) is 4.45. The zero-order valence-electron chi connectivity index (χ0n) is 22.2. The molecule has 7 heteroatoms. The summed E-state index contributed by atoms with van der Waals surface area (Å²) < 4.78 is 11.0. The summed E-state index contributed by atoms with van der Waals surface area (Å²) in [5, 5.41) is 10.2. The Labute approximate surface area is 222 Å². The molecule has 0 bridgehead atoms. The number of hydrogen-bond acceptors (Lipinski definition) is 6. The highest BCUT2D eigenvalue weighted by Gasteiger charge is 2.58. The van der Waals surface area contributed by atoms with Crippen LogP contribution < -0.4 is 0 Å². The zero-order valence-corrected chi connectivity index (χ0v) is 22.2. The molecule has 2 aliphatic heterocycles. The van der Waals surface area contributed by atoms with Crippen molar-refractivity contribution in [2.75, 3.05) is 13.7 Å². The second kappa shape index (κ2) is 10.2. The Kier molecular flexibility index (Phi) is 6.97. The van der Waals surface area contributed by atoms with Gasteiger partial charge in [0.15, 0.2) is 0 Å². The second-order valence-corrected chi connectivity index (χ2v) is 10.6. The molecular formula is C31H33NO6. The van der Waals surface area contributed by atoms with Gasteiger partial charge in [-0.25, -0.2) is 4.79 Å². The molecule has 0 spiro atoms. The topological polar surface area (TPSA) is 93.1 Å². The van der Waals surface area contributed by atoms with Crippen molar-refractivity contribution in [3.05, 3.63) is 75.9 Å². The van der Waals surface area contributed by atoms with Gasteiger partial charge >= 0.3 is 6.09 Å². The number of rotatable bonds is 5. The number of allylic oxidation sites excluding steroid dienone is 2. The number of benzene rings is 2. The molecule has 0 radical (unpaired) electrons. The molecule has 0 unspecified atom stereocenters. The van der Waals surface area contributed by atoms with E-state index in [0.29, 0.717) is 23.7 Å². The Morgan fingerprint density at radius 2 is 1.76 bits per heavy atom. The summed E-state index contributed by atoms with van der Waals surface area (Å²) >= 11 is 0. The number of aromatic hydroxyl groups is 1. The van der Waals surface area contributed by atoms with Crippen LogP contribution in [0.15, 0.2) is 53.6 Å². The van der Waals surface area contributed by atoms with Crippen molar-refractivity contribution < 1.29 is 29.0 Å². The lowest BCUT2D eigenvalue weighted by molar-refractivity contribution is -0.137. The molecule has 1 aliphatic carbocycles. The molecule has 2 fully saturated rings. The lowest BCUT2D eigenvalue weighted by Crippen LogP contribution is -2.37. The maximum atomic E-state index is 13.1. The maximum absolute atomic E-state index is 13.1. The summed E-state index contributed by atoms with van der Waals surface area (Å²) in [6.45, 7) is 6.16. The molecule has 198 valence electrons. The lowest BCUT2D eigenvalue weighted by atomic mass is 9.70. The number of ether oxygens (including phenoxy) is 2. The third-order valence-electron chi connectivity index (χ3n) is 8.18. The monoisotopic (exact) mass is 515 g/mol. The quantitative estimate of drug-likeness (QED) is 0.324. The molecule has 4 atom stereocenters. The molecule has 2 aromatic rings. The number of imide groups is 3. The Hall–Kier alpha value is -3.71. The first-order valence-electron chi connectivity index (χ1n) is 13.0.